The minimum Gasteiger partial charge on any atom is -0.330 e. The van der Waals surface area contributed by atoms with E-state index in [4.69, 9.17) is 5.26 Å². The third kappa shape index (κ3) is 3.09. The molecule has 0 aliphatic carbocycles. The first-order valence-electron chi connectivity index (χ1n) is 5.08. The van der Waals surface area contributed by atoms with E-state index in [1.165, 1.54) is 12.4 Å². The number of nitrogens with one attached hydrogen (secondary N) is 2. The Kier molecular flexibility index (Phi) is 3.30. The molecule has 0 radical (unpaired) electrons. The van der Waals surface area contributed by atoms with Crippen LogP contribution in [0.5, 0.6) is 0 Å². The SMILES string of the molecule is N#Cc1cccc(CS(=O)(=O)Nc2ncc[nH]2)c1. The van der Waals surface area contributed by atoms with Crippen LogP contribution in [0.3, 0.4) is 0 Å². The van der Waals surface area contributed by atoms with Crippen molar-refractivity contribution in [3.63, 3.8) is 0 Å². The van der Waals surface area contributed by atoms with Gasteiger partial charge in [-0.05, 0) is 17.7 Å². The number of hydrogen-bond donors (Lipinski definition) is 2. The average molecular weight is 262 g/mol. The molecule has 0 atom stereocenters. The minimum absolute atomic E-state index is 0.173. The highest BCUT2D eigenvalue weighted by Gasteiger charge is 2.13. The summed E-state index contributed by atoms with van der Waals surface area (Å²) in [6.45, 7) is 0. The van der Waals surface area contributed by atoms with Crippen molar-refractivity contribution >= 4 is 16.0 Å². The molecular formula is C11H10N4O2S. The smallest absolute Gasteiger partial charge is 0.239 e. The topological polar surface area (TPSA) is 98.6 Å². The van der Waals surface area contributed by atoms with Gasteiger partial charge in [-0.15, -0.1) is 0 Å². The van der Waals surface area contributed by atoms with Gasteiger partial charge in [-0.3, -0.25) is 4.72 Å². The van der Waals surface area contributed by atoms with E-state index < -0.39 is 10.0 Å². The van der Waals surface area contributed by atoms with E-state index in [1.807, 2.05) is 6.07 Å². The molecule has 2 aromatic rings. The molecule has 0 saturated heterocycles. The fourth-order valence-electron chi connectivity index (χ4n) is 1.45. The Morgan fingerprint density at radius 1 is 1.44 bits per heavy atom. The van der Waals surface area contributed by atoms with Gasteiger partial charge in [0.15, 0.2) is 0 Å². The number of nitriles is 1. The highest BCUT2D eigenvalue weighted by Crippen LogP contribution is 2.10. The normalized spacial score (nSPS) is 10.8. The lowest BCUT2D eigenvalue weighted by molar-refractivity contribution is 0.600. The molecule has 0 aliphatic rings. The van der Waals surface area contributed by atoms with Gasteiger partial charge in [-0.1, -0.05) is 12.1 Å². The highest BCUT2D eigenvalue weighted by molar-refractivity contribution is 7.91. The van der Waals surface area contributed by atoms with E-state index in [0.717, 1.165) is 0 Å². The standard InChI is InChI=1S/C11H10N4O2S/c12-7-9-2-1-3-10(6-9)8-18(16,17)15-11-13-4-5-14-11/h1-6H,8H2,(H2,13,14,15). The van der Waals surface area contributed by atoms with Gasteiger partial charge in [0.2, 0.25) is 16.0 Å². The van der Waals surface area contributed by atoms with Crippen molar-refractivity contribution in [2.75, 3.05) is 4.72 Å². The molecule has 0 amide bonds. The lowest BCUT2D eigenvalue weighted by atomic mass is 10.2. The quantitative estimate of drug-likeness (QED) is 0.865. The zero-order valence-corrected chi connectivity index (χ0v) is 10.1. The molecule has 1 heterocycles. The van der Waals surface area contributed by atoms with Crippen LogP contribution in [0, 0.1) is 11.3 Å². The van der Waals surface area contributed by atoms with Gasteiger partial charge < -0.3 is 4.98 Å². The second kappa shape index (κ2) is 4.89. The van der Waals surface area contributed by atoms with Crippen LogP contribution in [-0.2, 0) is 15.8 Å². The summed E-state index contributed by atoms with van der Waals surface area (Å²) >= 11 is 0. The molecule has 1 aromatic carbocycles. The molecule has 0 aliphatic heterocycles. The number of aromatic nitrogens is 2. The van der Waals surface area contributed by atoms with E-state index in [2.05, 4.69) is 14.7 Å². The first kappa shape index (κ1) is 12.1. The Balaban J connectivity index is 2.15. The molecule has 18 heavy (non-hydrogen) atoms. The molecular weight excluding hydrogens is 252 g/mol. The number of nitrogens with zero attached hydrogens (tertiary/aromatic N) is 2. The maximum atomic E-state index is 11.8. The Labute approximate surface area is 104 Å². The van der Waals surface area contributed by atoms with Crippen LogP contribution in [0.25, 0.3) is 0 Å². The van der Waals surface area contributed by atoms with Crippen LogP contribution < -0.4 is 4.72 Å². The van der Waals surface area contributed by atoms with Gasteiger partial charge in [0.05, 0.1) is 17.4 Å². The Hall–Kier alpha value is -2.33. The summed E-state index contributed by atoms with van der Waals surface area (Å²) < 4.78 is 25.9. The molecule has 7 heteroatoms. The number of imidazole rings is 1. The first-order valence-corrected chi connectivity index (χ1v) is 6.73. The van der Waals surface area contributed by atoms with Crippen molar-refractivity contribution in [1.82, 2.24) is 9.97 Å². The first-order chi connectivity index (χ1) is 8.59. The molecule has 2 N–H and O–H groups in total. The average Bonchev–Trinajstić information content (AvgIpc) is 2.80. The van der Waals surface area contributed by atoms with E-state index in [-0.39, 0.29) is 11.7 Å². The summed E-state index contributed by atoms with van der Waals surface area (Å²) in [5, 5.41) is 8.74. The predicted octanol–water partition coefficient (Wildman–Crippen LogP) is 1.22. The van der Waals surface area contributed by atoms with Gasteiger partial charge in [0.1, 0.15) is 0 Å². The summed E-state index contributed by atoms with van der Waals surface area (Å²) in [6, 6.07) is 8.43. The van der Waals surface area contributed by atoms with Crippen molar-refractivity contribution in [3.8, 4) is 6.07 Å². The molecule has 6 nitrogen and oxygen atoms in total. The van der Waals surface area contributed by atoms with E-state index in [9.17, 15) is 8.42 Å². The highest BCUT2D eigenvalue weighted by atomic mass is 32.2. The van der Waals surface area contributed by atoms with Gasteiger partial charge in [0.25, 0.3) is 0 Å². The van der Waals surface area contributed by atoms with Crippen LogP contribution in [0.1, 0.15) is 11.1 Å². The van der Waals surface area contributed by atoms with Crippen molar-refractivity contribution in [2.24, 2.45) is 0 Å². The van der Waals surface area contributed by atoms with Crippen molar-refractivity contribution in [2.45, 2.75) is 5.75 Å². The molecule has 0 unspecified atom stereocenters. The van der Waals surface area contributed by atoms with Gasteiger partial charge in [-0.2, -0.15) is 5.26 Å². The number of H-pyrrole nitrogens is 1. The second-order valence-electron chi connectivity index (χ2n) is 3.61. The molecule has 2 rings (SSSR count). The minimum atomic E-state index is -3.54. The largest absolute Gasteiger partial charge is 0.330 e. The lowest BCUT2D eigenvalue weighted by Crippen LogP contribution is -2.16. The number of sulfonamides is 1. The summed E-state index contributed by atoms with van der Waals surface area (Å²) in [6.07, 6.45) is 2.97. The molecule has 0 fully saturated rings. The lowest BCUT2D eigenvalue weighted by Gasteiger charge is -2.05. The Morgan fingerprint density at radius 3 is 2.94 bits per heavy atom. The maximum absolute atomic E-state index is 11.8. The monoisotopic (exact) mass is 262 g/mol. The van der Waals surface area contributed by atoms with E-state index >= 15 is 0 Å². The fraction of sp³-hybridized carbons (Fsp3) is 0.0909. The molecule has 0 saturated carbocycles. The second-order valence-corrected chi connectivity index (χ2v) is 5.33. The zero-order valence-electron chi connectivity index (χ0n) is 9.29. The number of rotatable bonds is 4. The van der Waals surface area contributed by atoms with Gasteiger partial charge in [0, 0.05) is 12.4 Å². The Morgan fingerprint density at radius 2 is 2.28 bits per heavy atom. The molecule has 0 bridgehead atoms. The summed E-state index contributed by atoms with van der Waals surface area (Å²) in [4.78, 5) is 6.43. The predicted molar refractivity (Wildman–Crippen MR) is 66.0 cm³/mol. The van der Waals surface area contributed by atoms with Crippen LogP contribution >= 0.6 is 0 Å². The van der Waals surface area contributed by atoms with Crippen molar-refractivity contribution < 1.29 is 8.42 Å². The van der Waals surface area contributed by atoms with Gasteiger partial charge in [-0.25, -0.2) is 13.4 Å². The van der Waals surface area contributed by atoms with Crippen LogP contribution in [0.15, 0.2) is 36.7 Å². The molecule has 92 valence electrons. The number of aromatic amines is 1. The van der Waals surface area contributed by atoms with Crippen LogP contribution in [-0.4, -0.2) is 18.4 Å². The third-order valence-corrected chi connectivity index (χ3v) is 3.38. The van der Waals surface area contributed by atoms with E-state index in [1.54, 1.807) is 24.3 Å². The number of hydrogen-bond acceptors (Lipinski definition) is 4. The summed E-state index contributed by atoms with van der Waals surface area (Å²) in [5.74, 6) is -0.0325. The summed E-state index contributed by atoms with van der Waals surface area (Å²) in [5.41, 5.74) is 0.980. The number of anilines is 1. The zero-order chi connectivity index (χ0) is 13.0. The van der Waals surface area contributed by atoms with Crippen molar-refractivity contribution in [1.29, 1.82) is 5.26 Å². The Bertz CT molecular complexity index is 671. The maximum Gasteiger partial charge on any atom is 0.239 e. The molecule has 1 aromatic heterocycles. The van der Waals surface area contributed by atoms with E-state index in [0.29, 0.717) is 11.1 Å². The molecule has 0 spiro atoms. The fourth-order valence-corrected chi connectivity index (χ4v) is 2.55. The third-order valence-electron chi connectivity index (χ3n) is 2.16. The summed E-state index contributed by atoms with van der Waals surface area (Å²) in [7, 11) is -3.54. The van der Waals surface area contributed by atoms with Crippen molar-refractivity contribution in [3.05, 3.63) is 47.8 Å². The van der Waals surface area contributed by atoms with Crippen LogP contribution in [0.2, 0.25) is 0 Å². The number of benzene rings is 1. The van der Waals surface area contributed by atoms with Gasteiger partial charge >= 0.3 is 0 Å². The van der Waals surface area contributed by atoms with Crippen LogP contribution in [0.4, 0.5) is 5.95 Å².